The van der Waals surface area contributed by atoms with E-state index in [1.165, 1.54) is 6.07 Å². The Balaban J connectivity index is 1.84. The van der Waals surface area contributed by atoms with Gasteiger partial charge < -0.3 is 14.1 Å². The van der Waals surface area contributed by atoms with E-state index in [1.54, 1.807) is 13.0 Å². The van der Waals surface area contributed by atoms with Gasteiger partial charge in [-0.3, -0.25) is 4.79 Å². The number of piperidine rings is 1. The number of amides is 1. The molecular weight excluding hydrogens is 270 g/mol. The molecule has 1 aliphatic rings. The Kier molecular flexibility index (Phi) is 5.42. The van der Waals surface area contributed by atoms with Crippen molar-refractivity contribution in [2.24, 2.45) is 0 Å². The van der Waals surface area contributed by atoms with E-state index in [-0.39, 0.29) is 12.0 Å². The molecule has 1 amide bonds. The van der Waals surface area contributed by atoms with Gasteiger partial charge in [0.1, 0.15) is 17.6 Å². The van der Waals surface area contributed by atoms with Gasteiger partial charge in [0, 0.05) is 38.4 Å². The van der Waals surface area contributed by atoms with Crippen LogP contribution in [0.5, 0.6) is 5.75 Å². The maximum absolute atomic E-state index is 11.9. The van der Waals surface area contributed by atoms with E-state index >= 15 is 0 Å². The summed E-state index contributed by atoms with van der Waals surface area (Å²) in [6.07, 6.45) is 4.30. The van der Waals surface area contributed by atoms with Gasteiger partial charge in [-0.1, -0.05) is 13.3 Å². The number of carbonyl (C=O) groups is 1. The zero-order valence-electron chi connectivity index (χ0n) is 12.8. The Morgan fingerprint density at radius 1 is 1.38 bits per heavy atom. The van der Waals surface area contributed by atoms with Crippen LogP contribution in [-0.2, 0) is 4.79 Å². The minimum absolute atomic E-state index is 0.0569. The lowest BCUT2D eigenvalue weighted by atomic mass is 10.1. The second-order valence-electron chi connectivity index (χ2n) is 5.52. The molecule has 0 bridgehead atoms. The van der Waals surface area contributed by atoms with Crippen LogP contribution in [0.15, 0.2) is 21.3 Å². The molecule has 116 valence electrons. The van der Waals surface area contributed by atoms with Gasteiger partial charge in [-0.2, -0.15) is 0 Å². The van der Waals surface area contributed by atoms with Crippen molar-refractivity contribution in [1.82, 2.24) is 4.90 Å². The molecule has 0 atom stereocenters. The molecule has 0 radical (unpaired) electrons. The summed E-state index contributed by atoms with van der Waals surface area (Å²) in [6.45, 7) is 5.27. The highest BCUT2D eigenvalue weighted by Gasteiger charge is 2.23. The third-order valence-corrected chi connectivity index (χ3v) is 3.71. The maximum Gasteiger partial charge on any atom is 0.339 e. The van der Waals surface area contributed by atoms with Gasteiger partial charge in [0.2, 0.25) is 5.91 Å². The standard InChI is InChI=1S/C16H23NO4/c1-3-4-5-15(18)17-8-6-13(7-9-17)21-14-10-12(2)20-16(19)11-14/h10-11,13H,3-9H2,1-2H3. The second kappa shape index (κ2) is 7.29. The van der Waals surface area contributed by atoms with Crippen LogP contribution in [0.3, 0.4) is 0 Å². The lowest BCUT2D eigenvalue weighted by molar-refractivity contribution is -0.133. The molecule has 0 aromatic carbocycles. The summed E-state index contributed by atoms with van der Waals surface area (Å²) in [4.78, 5) is 25.2. The molecule has 0 spiro atoms. The molecule has 2 rings (SSSR count). The first kappa shape index (κ1) is 15.6. The monoisotopic (exact) mass is 293 g/mol. The van der Waals surface area contributed by atoms with Crippen LogP contribution in [0.1, 0.15) is 44.8 Å². The molecule has 1 aliphatic heterocycles. The highest BCUT2D eigenvalue weighted by atomic mass is 16.5. The van der Waals surface area contributed by atoms with E-state index in [2.05, 4.69) is 6.92 Å². The SMILES string of the molecule is CCCCC(=O)N1CCC(Oc2cc(C)oc(=O)c2)CC1. The summed E-state index contributed by atoms with van der Waals surface area (Å²) in [5.41, 5.74) is -0.392. The number of aryl methyl sites for hydroxylation is 1. The number of carbonyl (C=O) groups excluding carboxylic acids is 1. The summed E-state index contributed by atoms with van der Waals surface area (Å²) in [7, 11) is 0. The Hall–Kier alpha value is -1.78. The van der Waals surface area contributed by atoms with Crippen LogP contribution >= 0.6 is 0 Å². The molecule has 21 heavy (non-hydrogen) atoms. The summed E-state index contributed by atoms with van der Waals surface area (Å²) in [5.74, 6) is 1.34. The van der Waals surface area contributed by atoms with Crippen LogP contribution in [-0.4, -0.2) is 30.0 Å². The average molecular weight is 293 g/mol. The highest BCUT2D eigenvalue weighted by molar-refractivity contribution is 5.76. The predicted molar refractivity (Wildman–Crippen MR) is 79.5 cm³/mol. The topological polar surface area (TPSA) is 59.8 Å². The average Bonchev–Trinajstić information content (AvgIpc) is 2.44. The summed E-state index contributed by atoms with van der Waals surface area (Å²) >= 11 is 0. The van der Waals surface area contributed by atoms with Crippen molar-refractivity contribution in [2.45, 2.75) is 52.1 Å². The van der Waals surface area contributed by atoms with Crippen LogP contribution in [0.2, 0.25) is 0 Å². The largest absolute Gasteiger partial charge is 0.490 e. The number of hydrogen-bond donors (Lipinski definition) is 0. The number of unbranched alkanes of at least 4 members (excludes halogenated alkanes) is 1. The van der Waals surface area contributed by atoms with Crippen molar-refractivity contribution in [3.8, 4) is 5.75 Å². The van der Waals surface area contributed by atoms with Crippen molar-refractivity contribution in [3.63, 3.8) is 0 Å². The Bertz CT molecular complexity index is 529. The Morgan fingerprint density at radius 3 is 2.71 bits per heavy atom. The zero-order chi connectivity index (χ0) is 15.2. The van der Waals surface area contributed by atoms with Crippen LogP contribution in [0.4, 0.5) is 0 Å². The molecule has 0 saturated carbocycles. The van der Waals surface area contributed by atoms with Crippen molar-refractivity contribution in [2.75, 3.05) is 13.1 Å². The lowest BCUT2D eigenvalue weighted by Crippen LogP contribution is -2.41. The van der Waals surface area contributed by atoms with E-state index < -0.39 is 5.63 Å². The molecule has 0 aliphatic carbocycles. The first-order chi connectivity index (χ1) is 10.1. The minimum Gasteiger partial charge on any atom is -0.490 e. The number of nitrogens with zero attached hydrogens (tertiary/aromatic N) is 1. The van der Waals surface area contributed by atoms with Crippen molar-refractivity contribution >= 4 is 5.91 Å². The van der Waals surface area contributed by atoms with Crippen LogP contribution in [0, 0.1) is 6.92 Å². The first-order valence-electron chi connectivity index (χ1n) is 7.64. The van der Waals surface area contributed by atoms with Crippen LogP contribution < -0.4 is 10.4 Å². The maximum atomic E-state index is 11.9. The Labute approximate surface area is 124 Å². The van der Waals surface area contributed by atoms with Gasteiger partial charge in [0.25, 0.3) is 0 Å². The number of hydrogen-bond acceptors (Lipinski definition) is 4. The molecule has 2 heterocycles. The quantitative estimate of drug-likeness (QED) is 0.837. The van der Waals surface area contributed by atoms with E-state index in [4.69, 9.17) is 9.15 Å². The molecule has 1 aromatic heterocycles. The first-order valence-corrected chi connectivity index (χ1v) is 7.64. The van der Waals surface area contributed by atoms with E-state index in [9.17, 15) is 9.59 Å². The third kappa shape index (κ3) is 4.62. The molecule has 0 N–H and O–H groups in total. The molecule has 1 saturated heterocycles. The molecule has 5 heteroatoms. The van der Waals surface area contributed by atoms with E-state index in [0.717, 1.165) is 38.8 Å². The molecule has 1 fully saturated rings. The van der Waals surface area contributed by atoms with Gasteiger partial charge in [-0.15, -0.1) is 0 Å². The summed E-state index contributed by atoms with van der Waals surface area (Å²) < 4.78 is 10.7. The number of rotatable bonds is 5. The molecule has 0 unspecified atom stereocenters. The molecule has 5 nitrogen and oxygen atoms in total. The van der Waals surface area contributed by atoms with E-state index in [1.807, 2.05) is 4.90 Å². The number of likely N-dealkylation sites (tertiary alicyclic amines) is 1. The van der Waals surface area contributed by atoms with Crippen LogP contribution in [0.25, 0.3) is 0 Å². The van der Waals surface area contributed by atoms with Gasteiger partial charge in [-0.25, -0.2) is 4.79 Å². The third-order valence-electron chi connectivity index (χ3n) is 3.71. The fourth-order valence-corrected chi connectivity index (χ4v) is 2.55. The lowest BCUT2D eigenvalue weighted by Gasteiger charge is -2.32. The molecular formula is C16H23NO4. The minimum atomic E-state index is -0.392. The van der Waals surface area contributed by atoms with Gasteiger partial charge in [0.15, 0.2) is 0 Å². The number of ether oxygens (including phenoxy) is 1. The van der Waals surface area contributed by atoms with Crippen molar-refractivity contribution in [1.29, 1.82) is 0 Å². The van der Waals surface area contributed by atoms with Gasteiger partial charge in [-0.05, 0) is 13.3 Å². The normalized spacial score (nSPS) is 16.0. The fourth-order valence-electron chi connectivity index (χ4n) is 2.55. The fraction of sp³-hybridized carbons (Fsp3) is 0.625. The summed E-state index contributed by atoms with van der Waals surface area (Å²) in [5, 5.41) is 0. The molecule has 1 aromatic rings. The van der Waals surface area contributed by atoms with Gasteiger partial charge >= 0.3 is 5.63 Å². The Morgan fingerprint density at radius 2 is 2.10 bits per heavy atom. The highest BCUT2D eigenvalue weighted by Crippen LogP contribution is 2.19. The smallest absolute Gasteiger partial charge is 0.339 e. The second-order valence-corrected chi connectivity index (χ2v) is 5.52. The zero-order valence-corrected chi connectivity index (χ0v) is 12.8. The van der Waals surface area contributed by atoms with Gasteiger partial charge in [0.05, 0.1) is 6.07 Å². The van der Waals surface area contributed by atoms with Crippen molar-refractivity contribution < 1.29 is 13.9 Å². The van der Waals surface area contributed by atoms with Crippen molar-refractivity contribution in [3.05, 3.63) is 28.3 Å². The predicted octanol–water partition coefficient (Wildman–Crippen LogP) is 2.51. The summed E-state index contributed by atoms with van der Waals surface area (Å²) in [6, 6.07) is 3.09. The van der Waals surface area contributed by atoms with E-state index in [0.29, 0.717) is 17.9 Å².